The Morgan fingerprint density at radius 2 is 2.20 bits per heavy atom. The van der Waals surface area contributed by atoms with Crippen LogP contribution < -0.4 is 4.74 Å². The minimum atomic E-state index is 0.541. The second kappa shape index (κ2) is 8.35. The number of H-pyrrole nitrogens is 1. The number of ether oxygens (including phenoxy) is 1. The molecule has 2 aromatic heterocycles. The number of methoxy groups -OCH3 is 1. The smallest absolute Gasteiger partial charge is 0.226 e. The Balaban J connectivity index is 1.66. The average molecular weight is 380 g/mol. The number of nitrogens with zero attached hydrogens (tertiary/aromatic N) is 4. The standard InChI is InChI=1S/C16H18ClN5O2S/c1-3-4-5-14-18-13(22-24-14)9-25-16-19-15(20-21-16)11-8-10(17)6-7-12(11)23-2/h6-8H,3-5,9H2,1-2H3,(H,19,20,21). The molecule has 0 atom stereocenters. The second-order valence-corrected chi connectivity index (χ2v) is 6.69. The molecule has 0 fully saturated rings. The molecule has 132 valence electrons. The van der Waals surface area contributed by atoms with Crippen molar-refractivity contribution in [3.05, 3.63) is 34.9 Å². The second-order valence-electron chi connectivity index (χ2n) is 5.31. The van der Waals surface area contributed by atoms with Crippen LogP contribution in [0.15, 0.2) is 27.9 Å². The number of aromatic amines is 1. The topological polar surface area (TPSA) is 89.7 Å². The predicted molar refractivity (Wildman–Crippen MR) is 95.9 cm³/mol. The first-order valence-corrected chi connectivity index (χ1v) is 9.26. The van der Waals surface area contributed by atoms with Gasteiger partial charge in [0, 0.05) is 11.4 Å². The highest BCUT2D eigenvalue weighted by molar-refractivity contribution is 7.98. The van der Waals surface area contributed by atoms with Crippen LogP contribution in [0.3, 0.4) is 0 Å². The highest BCUT2D eigenvalue weighted by Crippen LogP contribution is 2.31. The van der Waals surface area contributed by atoms with Gasteiger partial charge in [-0.2, -0.15) is 4.98 Å². The number of thioether (sulfide) groups is 1. The van der Waals surface area contributed by atoms with Crippen LogP contribution in [0.2, 0.25) is 5.02 Å². The van der Waals surface area contributed by atoms with Crippen molar-refractivity contribution in [3.63, 3.8) is 0 Å². The first kappa shape index (κ1) is 17.8. The Hall–Kier alpha value is -2.06. The van der Waals surface area contributed by atoms with Gasteiger partial charge in [0.2, 0.25) is 11.0 Å². The van der Waals surface area contributed by atoms with Crippen LogP contribution in [0.4, 0.5) is 0 Å². The molecule has 3 rings (SSSR count). The third kappa shape index (κ3) is 4.52. The van der Waals surface area contributed by atoms with E-state index in [1.54, 1.807) is 25.3 Å². The van der Waals surface area contributed by atoms with Crippen molar-refractivity contribution in [1.29, 1.82) is 0 Å². The molecule has 0 aliphatic rings. The van der Waals surface area contributed by atoms with Gasteiger partial charge in [-0.1, -0.05) is 41.9 Å². The SMILES string of the molecule is CCCCc1nc(CSc2n[nH]c(-c3cc(Cl)ccc3OC)n2)no1. The summed E-state index contributed by atoms with van der Waals surface area (Å²) in [5.74, 6) is 3.13. The average Bonchev–Trinajstić information content (AvgIpc) is 3.27. The van der Waals surface area contributed by atoms with Gasteiger partial charge in [0.05, 0.1) is 18.4 Å². The first-order valence-electron chi connectivity index (χ1n) is 7.90. The maximum atomic E-state index is 6.06. The number of halogens is 1. The molecule has 1 aromatic carbocycles. The Kier molecular flexibility index (Phi) is 5.93. The molecular weight excluding hydrogens is 362 g/mol. The van der Waals surface area contributed by atoms with Crippen molar-refractivity contribution >= 4 is 23.4 Å². The maximum absolute atomic E-state index is 6.06. The van der Waals surface area contributed by atoms with Gasteiger partial charge in [-0.05, 0) is 24.6 Å². The number of unbranched alkanes of at least 4 members (excludes halogenated alkanes) is 1. The number of hydrogen-bond acceptors (Lipinski definition) is 7. The van der Waals surface area contributed by atoms with E-state index >= 15 is 0 Å². The molecule has 0 aliphatic carbocycles. The monoisotopic (exact) mass is 379 g/mol. The zero-order valence-electron chi connectivity index (χ0n) is 14.0. The fraction of sp³-hybridized carbons (Fsp3) is 0.375. The predicted octanol–water partition coefficient (Wildman–Crippen LogP) is 4.15. The minimum absolute atomic E-state index is 0.541. The van der Waals surface area contributed by atoms with E-state index in [1.807, 2.05) is 0 Å². The summed E-state index contributed by atoms with van der Waals surface area (Å²) in [5, 5.41) is 12.3. The molecule has 25 heavy (non-hydrogen) atoms. The Labute approximate surface area is 154 Å². The van der Waals surface area contributed by atoms with Gasteiger partial charge in [0.25, 0.3) is 0 Å². The van der Waals surface area contributed by atoms with Crippen LogP contribution in [0.25, 0.3) is 11.4 Å². The number of benzene rings is 1. The third-order valence-corrected chi connectivity index (χ3v) is 4.54. The normalized spacial score (nSPS) is 11.0. The molecule has 0 amide bonds. The van der Waals surface area contributed by atoms with Crippen molar-refractivity contribution in [1.82, 2.24) is 25.3 Å². The Morgan fingerprint density at radius 1 is 1.32 bits per heavy atom. The highest BCUT2D eigenvalue weighted by Gasteiger charge is 2.13. The Morgan fingerprint density at radius 3 is 3.00 bits per heavy atom. The maximum Gasteiger partial charge on any atom is 0.226 e. The number of aryl methyl sites for hydroxylation is 1. The van der Waals surface area contributed by atoms with Crippen LogP contribution in [0, 0.1) is 0 Å². The van der Waals surface area contributed by atoms with E-state index < -0.39 is 0 Å². The van der Waals surface area contributed by atoms with Crippen molar-refractivity contribution in [2.24, 2.45) is 0 Å². The summed E-state index contributed by atoms with van der Waals surface area (Å²) in [6.45, 7) is 2.13. The van der Waals surface area contributed by atoms with Gasteiger partial charge in [-0.25, -0.2) is 4.98 Å². The molecule has 7 nitrogen and oxygen atoms in total. The summed E-state index contributed by atoms with van der Waals surface area (Å²) in [4.78, 5) is 8.84. The molecule has 0 unspecified atom stereocenters. The molecule has 3 aromatic rings. The van der Waals surface area contributed by atoms with Crippen molar-refractivity contribution in [3.8, 4) is 17.1 Å². The summed E-state index contributed by atoms with van der Waals surface area (Å²) in [5.41, 5.74) is 0.760. The van der Waals surface area contributed by atoms with E-state index in [1.165, 1.54) is 11.8 Å². The van der Waals surface area contributed by atoms with E-state index in [9.17, 15) is 0 Å². The van der Waals surface area contributed by atoms with Crippen LogP contribution in [-0.2, 0) is 12.2 Å². The lowest BCUT2D eigenvalue weighted by Gasteiger charge is -2.05. The minimum Gasteiger partial charge on any atom is -0.496 e. The summed E-state index contributed by atoms with van der Waals surface area (Å²) in [6, 6.07) is 5.35. The van der Waals surface area contributed by atoms with Gasteiger partial charge >= 0.3 is 0 Å². The van der Waals surface area contributed by atoms with Gasteiger partial charge in [-0.3, -0.25) is 5.10 Å². The number of aromatic nitrogens is 5. The van der Waals surface area contributed by atoms with Gasteiger partial charge in [0.15, 0.2) is 11.6 Å². The summed E-state index contributed by atoms with van der Waals surface area (Å²) in [6.07, 6.45) is 2.95. The number of rotatable bonds is 8. The fourth-order valence-electron chi connectivity index (χ4n) is 2.20. The summed E-state index contributed by atoms with van der Waals surface area (Å²) >= 11 is 7.49. The molecule has 0 spiro atoms. The fourth-order valence-corrected chi connectivity index (χ4v) is 3.02. The molecule has 0 bridgehead atoms. The summed E-state index contributed by atoms with van der Waals surface area (Å²) in [7, 11) is 1.60. The highest BCUT2D eigenvalue weighted by atomic mass is 35.5. The summed E-state index contributed by atoms with van der Waals surface area (Å²) < 4.78 is 10.6. The lowest BCUT2D eigenvalue weighted by atomic mass is 10.2. The largest absolute Gasteiger partial charge is 0.496 e. The number of hydrogen-bond donors (Lipinski definition) is 1. The molecule has 0 saturated heterocycles. The van der Waals surface area contributed by atoms with Crippen LogP contribution in [0.5, 0.6) is 5.75 Å². The van der Waals surface area contributed by atoms with Crippen LogP contribution in [0.1, 0.15) is 31.5 Å². The zero-order valence-corrected chi connectivity index (χ0v) is 15.5. The molecule has 0 aliphatic heterocycles. The van der Waals surface area contributed by atoms with Crippen molar-refractivity contribution in [2.45, 2.75) is 37.1 Å². The van der Waals surface area contributed by atoms with E-state index in [-0.39, 0.29) is 0 Å². The Bertz CT molecular complexity index is 836. The van der Waals surface area contributed by atoms with Crippen molar-refractivity contribution < 1.29 is 9.26 Å². The van der Waals surface area contributed by atoms with Crippen LogP contribution in [-0.4, -0.2) is 32.4 Å². The van der Waals surface area contributed by atoms with E-state index in [2.05, 4.69) is 32.2 Å². The van der Waals surface area contributed by atoms with E-state index in [4.69, 9.17) is 20.9 Å². The van der Waals surface area contributed by atoms with Gasteiger partial charge in [0.1, 0.15) is 5.75 Å². The number of nitrogens with one attached hydrogen (secondary N) is 1. The molecule has 0 radical (unpaired) electrons. The molecule has 2 heterocycles. The molecule has 0 saturated carbocycles. The molecule has 9 heteroatoms. The van der Waals surface area contributed by atoms with Gasteiger partial charge < -0.3 is 9.26 Å². The quantitative estimate of drug-likeness (QED) is 0.588. The molecule has 1 N–H and O–H groups in total. The van der Waals surface area contributed by atoms with Crippen molar-refractivity contribution in [2.75, 3.05) is 7.11 Å². The third-order valence-electron chi connectivity index (χ3n) is 3.47. The van der Waals surface area contributed by atoms with E-state index in [0.29, 0.717) is 39.2 Å². The lowest BCUT2D eigenvalue weighted by molar-refractivity contribution is 0.371. The zero-order chi connectivity index (χ0) is 17.6. The molecular formula is C16H18ClN5O2S. The van der Waals surface area contributed by atoms with Crippen LogP contribution >= 0.6 is 23.4 Å². The van der Waals surface area contributed by atoms with Gasteiger partial charge in [-0.15, -0.1) is 5.10 Å². The van der Waals surface area contributed by atoms with E-state index in [0.717, 1.165) is 24.8 Å². The lowest BCUT2D eigenvalue weighted by Crippen LogP contribution is -1.89. The first-order chi connectivity index (χ1) is 12.2.